The van der Waals surface area contributed by atoms with Crippen LogP contribution < -0.4 is 16.2 Å². The lowest BCUT2D eigenvalue weighted by Crippen LogP contribution is -2.38. The van der Waals surface area contributed by atoms with Gasteiger partial charge in [0, 0.05) is 18.7 Å². The number of likely N-dealkylation sites (tertiary alicyclic amines) is 1. The molecule has 1 aromatic rings. The van der Waals surface area contributed by atoms with Crippen LogP contribution in [0.25, 0.3) is 0 Å². The van der Waals surface area contributed by atoms with Crippen LogP contribution in [0.5, 0.6) is 5.75 Å². The monoisotopic (exact) mass is 303 g/mol. The summed E-state index contributed by atoms with van der Waals surface area (Å²) in [6.45, 7) is 1.65. The van der Waals surface area contributed by atoms with Crippen LogP contribution in [0.3, 0.4) is 0 Å². The molecule has 118 valence electrons. The Balaban J connectivity index is 1.96. The normalized spacial score (nSPS) is 14.8. The molecule has 0 aromatic heterocycles. The summed E-state index contributed by atoms with van der Waals surface area (Å²) in [7, 11) is 0. The molecule has 0 saturated carbocycles. The summed E-state index contributed by atoms with van der Waals surface area (Å²) in [6, 6.07) is 7.27. The Hall–Kier alpha value is -2.57. The second kappa shape index (κ2) is 8.02. The number of para-hydroxylation sites is 1. The van der Waals surface area contributed by atoms with Crippen LogP contribution in [0.1, 0.15) is 24.8 Å². The second-order valence-corrected chi connectivity index (χ2v) is 5.04. The molecular weight excluding hydrogens is 282 g/mol. The van der Waals surface area contributed by atoms with E-state index in [1.165, 1.54) is 12.6 Å². The average Bonchev–Trinajstić information content (AvgIpc) is 2.54. The van der Waals surface area contributed by atoms with E-state index in [1.807, 2.05) is 23.1 Å². The van der Waals surface area contributed by atoms with Crippen molar-refractivity contribution in [2.75, 3.05) is 19.7 Å². The molecule has 0 unspecified atom stereocenters. The van der Waals surface area contributed by atoms with E-state index in [-0.39, 0.29) is 18.5 Å². The van der Waals surface area contributed by atoms with Crippen LogP contribution in [0.2, 0.25) is 0 Å². The van der Waals surface area contributed by atoms with Gasteiger partial charge < -0.3 is 21.1 Å². The summed E-state index contributed by atoms with van der Waals surface area (Å²) in [4.78, 5) is 13.9. The summed E-state index contributed by atoms with van der Waals surface area (Å²) in [5.74, 6) is 0.466. The lowest BCUT2D eigenvalue weighted by atomic mass is 10.1. The molecule has 0 atom stereocenters. The molecule has 0 aliphatic carbocycles. The zero-order valence-corrected chi connectivity index (χ0v) is 12.4. The van der Waals surface area contributed by atoms with E-state index in [0.717, 1.165) is 25.9 Å². The number of carbonyl (C=O) groups excluding carboxylic acids is 1. The molecule has 1 amide bonds. The van der Waals surface area contributed by atoms with Gasteiger partial charge in [0.15, 0.2) is 6.61 Å². The minimum atomic E-state index is -0.116. The number of rotatable bonds is 5. The molecule has 22 heavy (non-hydrogen) atoms. The Kier molecular flexibility index (Phi) is 5.76. The topological polar surface area (TPSA) is 106 Å². The first-order chi connectivity index (χ1) is 10.7. The first-order valence-electron chi connectivity index (χ1n) is 7.28. The predicted octanol–water partition coefficient (Wildman–Crippen LogP) is 0.685. The summed E-state index contributed by atoms with van der Waals surface area (Å²) in [5.41, 5.74) is 11.1. The minimum Gasteiger partial charge on any atom is -0.483 e. The molecule has 0 radical (unpaired) electrons. The highest BCUT2D eigenvalue weighted by Gasteiger charge is 2.17. The Morgan fingerprint density at radius 1 is 1.23 bits per heavy atom. The molecule has 0 spiro atoms. The van der Waals surface area contributed by atoms with E-state index in [0.29, 0.717) is 11.3 Å². The molecule has 0 bridgehead atoms. The Bertz CT molecular complexity index is 561. The van der Waals surface area contributed by atoms with Crippen molar-refractivity contribution in [3.05, 3.63) is 29.8 Å². The summed E-state index contributed by atoms with van der Waals surface area (Å²) in [6.07, 6.45) is 4.80. The van der Waals surface area contributed by atoms with E-state index in [4.69, 9.17) is 16.2 Å². The fraction of sp³-hybridized carbons (Fsp3) is 0.400. The maximum atomic E-state index is 12.1. The van der Waals surface area contributed by atoms with Crippen molar-refractivity contribution in [2.45, 2.75) is 19.3 Å². The first kappa shape index (κ1) is 15.8. The van der Waals surface area contributed by atoms with E-state index in [2.05, 4.69) is 10.2 Å². The van der Waals surface area contributed by atoms with Gasteiger partial charge in [-0.25, -0.2) is 0 Å². The van der Waals surface area contributed by atoms with Gasteiger partial charge in [0.2, 0.25) is 5.96 Å². The molecule has 1 aliphatic heterocycles. The number of carbonyl (C=O) groups is 1. The van der Waals surface area contributed by atoms with Gasteiger partial charge in [-0.3, -0.25) is 4.79 Å². The number of benzene rings is 1. The van der Waals surface area contributed by atoms with Gasteiger partial charge in [0.05, 0.1) is 6.21 Å². The summed E-state index contributed by atoms with van der Waals surface area (Å²) < 4.78 is 5.62. The molecule has 1 aliphatic rings. The number of piperidine rings is 1. The van der Waals surface area contributed by atoms with Gasteiger partial charge in [-0.15, -0.1) is 5.10 Å². The summed E-state index contributed by atoms with van der Waals surface area (Å²) in [5, 5.41) is 7.30. The third kappa shape index (κ3) is 4.76. The van der Waals surface area contributed by atoms with Crippen LogP contribution in [0.15, 0.2) is 34.5 Å². The number of amides is 1. The van der Waals surface area contributed by atoms with Crippen molar-refractivity contribution in [2.24, 2.45) is 21.7 Å². The molecule has 1 aromatic carbocycles. The quantitative estimate of drug-likeness (QED) is 0.474. The zero-order chi connectivity index (χ0) is 15.8. The van der Waals surface area contributed by atoms with Gasteiger partial charge in [-0.1, -0.05) is 12.1 Å². The van der Waals surface area contributed by atoms with E-state index >= 15 is 0 Å². The molecule has 1 heterocycles. The second-order valence-electron chi connectivity index (χ2n) is 5.04. The Morgan fingerprint density at radius 3 is 2.68 bits per heavy atom. The van der Waals surface area contributed by atoms with Crippen molar-refractivity contribution in [3.8, 4) is 5.75 Å². The first-order valence-corrected chi connectivity index (χ1v) is 7.28. The number of guanidine groups is 1. The van der Waals surface area contributed by atoms with E-state index in [1.54, 1.807) is 6.07 Å². The van der Waals surface area contributed by atoms with E-state index in [9.17, 15) is 4.79 Å². The van der Waals surface area contributed by atoms with Crippen molar-refractivity contribution >= 4 is 18.1 Å². The minimum absolute atomic E-state index is 0.00988. The smallest absolute Gasteiger partial charge is 0.260 e. The third-order valence-electron chi connectivity index (χ3n) is 3.35. The standard InChI is InChI=1S/C15H21N5O2/c16-15(17)19-18-10-12-6-2-3-7-13(12)22-11-14(21)20-8-4-1-5-9-20/h2-3,6-7,10H,1,4-5,8-9,11H2,(H4,16,17,19). The highest BCUT2D eigenvalue weighted by atomic mass is 16.5. The van der Waals surface area contributed by atoms with Crippen molar-refractivity contribution in [1.82, 2.24) is 4.90 Å². The van der Waals surface area contributed by atoms with Crippen LogP contribution in [0, 0.1) is 0 Å². The number of nitrogens with zero attached hydrogens (tertiary/aromatic N) is 3. The number of nitrogens with two attached hydrogens (primary N) is 2. The lowest BCUT2D eigenvalue weighted by molar-refractivity contribution is -0.134. The lowest BCUT2D eigenvalue weighted by Gasteiger charge is -2.26. The van der Waals surface area contributed by atoms with Gasteiger partial charge in [-0.05, 0) is 31.4 Å². The molecule has 4 N–H and O–H groups in total. The highest BCUT2D eigenvalue weighted by Crippen LogP contribution is 2.16. The molecule has 2 rings (SSSR count). The van der Waals surface area contributed by atoms with Crippen LogP contribution in [0.4, 0.5) is 0 Å². The summed E-state index contributed by atoms with van der Waals surface area (Å²) >= 11 is 0. The maximum Gasteiger partial charge on any atom is 0.260 e. The van der Waals surface area contributed by atoms with Crippen LogP contribution >= 0.6 is 0 Å². The Labute approximate surface area is 129 Å². The van der Waals surface area contributed by atoms with Crippen LogP contribution in [-0.2, 0) is 4.79 Å². The molecule has 1 saturated heterocycles. The van der Waals surface area contributed by atoms with Gasteiger partial charge in [-0.2, -0.15) is 5.10 Å². The maximum absolute atomic E-state index is 12.1. The molecule has 1 fully saturated rings. The molecular formula is C15H21N5O2. The van der Waals surface area contributed by atoms with Gasteiger partial charge in [0.1, 0.15) is 5.75 Å². The zero-order valence-electron chi connectivity index (χ0n) is 12.4. The average molecular weight is 303 g/mol. The SMILES string of the molecule is NC(N)=NN=Cc1ccccc1OCC(=O)N1CCCCC1. The van der Waals surface area contributed by atoms with Gasteiger partial charge in [0.25, 0.3) is 5.91 Å². The fourth-order valence-corrected chi connectivity index (χ4v) is 2.25. The molecule has 7 nitrogen and oxygen atoms in total. The number of hydrogen-bond acceptors (Lipinski definition) is 4. The van der Waals surface area contributed by atoms with E-state index < -0.39 is 0 Å². The molecule has 7 heteroatoms. The fourth-order valence-electron chi connectivity index (χ4n) is 2.25. The van der Waals surface area contributed by atoms with Crippen LogP contribution in [-0.4, -0.2) is 42.7 Å². The Morgan fingerprint density at radius 2 is 1.95 bits per heavy atom. The van der Waals surface area contributed by atoms with Crippen molar-refractivity contribution in [1.29, 1.82) is 0 Å². The number of hydrogen-bond donors (Lipinski definition) is 2. The van der Waals surface area contributed by atoms with Gasteiger partial charge >= 0.3 is 0 Å². The van der Waals surface area contributed by atoms with Crippen molar-refractivity contribution in [3.63, 3.8) is 0 Å². The predicted molar refractivity (Wildman–Crippen MR) is 85.8 cm³/mol. The highest BCUT2D eigenvalue weighted by molar-refractivity contribution is 5.85. The third-order valence-corrected chi connectivity index (χ3v) is 3.35. The van der Waals surface area contributed by atoms with Crippen molar-refractivity contribution < 1.29 is 9.53 Å². The largest absolute Gasteiger partial charge is 0.483 e. The number of ether oxygens (including phenoxy) is 1.